The molecule has 1 aromatic heterocycles. The monoisotopic (exact) mass is 735 g/mol. The van der Waals surface area contributed by atoms with E-state index in [1.165, 1.54) is 30.9 Å². The molecule has 0 saturated heterocycles. The molecule has 0 bridgehead atoms. The maximum atomic E-state index is 2.42. The largest absolute Gasteiger partial charge is 0.310 e. The molecule has 0 fully saturated rings. The highest BCUT2D eigenvalue weighted by molar-refractivity contribution is 7.26. The molecule has 266 valence electrons. The first kappa shape index (κ1) is 33.4. The molecule has 0 aliphatic heterocycles. The van der Waals surface area contributed by atoms with Crippen LogP contribution in [-0.2, 0) is 0 Å². The lowest BCUT2D eigenvalue weighted by Crippen LogP contribution is -2.12. The van der Waals surface area contributed by atoms with Crippen molar-refractivity contribution in [3.8, 4) is 0 Å². The molecule has 10 aromatic rings. The maximum absolute atomic E-state index is 2.42. The van der Waals surface area contributed by atoms with Gasteiger partial charge in [0.05, 0.1) is 5.69 Å². The van der Waals surface area contributed by atoms with Crippen LogP contribution in [0.25, 0.3) is 30.9 Å². The number of fused-ring (bicyclic) bond motifs is 5. The van der Waals surface area contributed by atoms with Gasteiger partial charge in [0, 0.05) is 76.4 Å². The average molecular weight is 736 g/mol. The third kappa shape index (κ3) is 6.12. The third-order valence-corrected chi connectivity index (χ3v) is 11.6. The van der Waals surface area contributed by atoms with Crippen molar-refractivity contribution in [1.82, 2.24) is 0 Å². The van der Waals surface area contributed by atoms with Crippen LogP contribution in [0.5, 0.6) is 0 Å². The van der Waals surface area contributed by atoms with Crippen LogP contribution in [0.2, 0.25) is 0 Å². The molecule has 0 radical (unpaired) electrons. The van der Waals surface area contributed by atoms with E-state index in [0.29, 0.717) is 0 Å². The van der Waals surface area contributed by atoms with E-state index in [2.05, 4.69) is 239 Å². The summed E-state index contributed by atoms with van der Waals surface area (Å²) in [5, 5.41) is 4.90. The molecule has 10 rings (SSSR count). The van der Waals surface area contributed by atoms with Crippen molar-refractivity contribution in [2.75, 3.05) is 14.7 Å². The zero-order valence-corrected chi connectivity index (χ0v) is 31.4. The van der Waals surface area contributed by atoms with Crippen molar-refractivity contribution in [2.24, 2.45) is 0 Å². The number of benzene rings is 9. The lowest BCUT2D eigenvalue weighted by Gasteiger charge is -2.29. The number of rotatable bonds is 9. The summed E-state index contributed by atoms with van der Waals surface area (Å²) in [7, 11) is 0. The number of nitrogens with zero attached hydrogens (tertiary/aromatic N) is 3. The van der Waals surface area contributed by atoms with E-state index in [9.17, 15) is 0 Å². The first-order chi connectivity index (χ1) is 27.8. The summed E-state index contributed by atoms with van der Waals surface area (Å²) in [6.07, 6.45) is 0. The highest BCUT2D eigenvalue weighted by Gasteiger charge is 2.22. The third-order valence-electron chi connectivity index (χ3n) is 10.4. The fourth-order valence-corrected chi connectivity index (χ4v) is 9.11. The van der Waals surface area contributed by atoms with Crippen molar-refractivity contribution < 1.29 is 0 Å². The maximum Gasteiger partial charge on any atom is 0.0548 e. The van der Waals surface area contributed by atoms with E-state index < -0.39 is 0 Å². The minimum absolute atomic E-state index is 1.10. The van der Waals surface area contributed by atoms with Crippen molar-refractivity contribution in [3.63, 3.8) is 0 Å². The van der Waals surface area contributed by atoms with E-state index in [-0.39, 0.29) is 0 Å². The predicted octanol–water partition coefficient (Wildman–Crippen LogP) is 15.6. The number of thiophene rings is 1. The normalized spacial score (nSPS) is 11.2. The molecule has 0 N–H and O–H groups in total. The summed E-state index contributed by atoms with van der Waals surface area (Å²) in [6, 6.07) is 80.4. The van der Waals surface area contributed by atoms with Crippen LogP contribution >= 0.6 is 11.3 Å². The van der Waals surface area contributed by atoms with Crippen LogP contribution in [0.15, 0.2) is 224 Å². The molecule has 0 spiro atoms. The molecule has 0 unspecified atom stereocenters. The summed E-state index contributed by atoms with van der Waals surface area (Å²) < 4.78 is 2.53. The van der Waals surface area contributed by atoms with Gasteiger partial charge >= 0.3 is 0 Å². The zero-order chi connectivity index (χ0) is 37.3. The lowest BCUT2D eigenvalue weighted by molar-refractivity contribution is 1.28. The molecule has 0 atom stereocenters. The number of para-hydroxylation sites is 6. The quantitative estimate of drug-likeness (QED) is 0.146. The average Bonchev–Trinajstić information content (AvgIpc) is 3.64. The molecular formula is C52H37N3S. The minimum Gasteiger partial charge on any atom is -0.310 e. The van der Waals surface area contributed by atoms with Gasteiger partial charge in [-0.05, 0) is 103 Å². The molecule has 0 amide bonds. The van der Waals surface area contributed by atoms with Crippen LogP contribution in [-0.4, -0.2) is 0 Å². The standard InChI is InChI=1S/C52H37N3S/c1-7-19-38(20-8-1)53(39-21-9-2-10-22-39)44-32-34-47-48(35-44)50(55(42-27-15-5-16-28-42)43-29-17-6-18-30-43)37-49-46-33-31-45(36-51(46)56-52(47)49)54(40-23-11-3-12-24-40)41-25-13-4-14-26-41/h1-37H. The van der Waals surface area contributed by atoms with Gasteiger partial charge in [-0.3, -0.25) is 0 Å². The molecule has 0 aliphatic rings. The Morgan fingerprint density at radius 2 is 0.607 bits per heavy atom. The second-order valence-corrected chi connectivity index (χ2v) is 14.9. The molecule has 0 aliphatic carbocycles. The Balaban J connectivity index is 1.24. The van der Waals surface area contributed by atoms with Gasteiger partial charge in [-0.25, -0.2) is 0 Å². The van der Waals surface area contributed by atoms with E-state index >= 15 is 0 Å². The smallest absolute Gasteiger partial charge is 0.0548 e. The van der Waals surface area contributed by atoms with Crippen LogP contribution < -0.4 is 14.7 Å². The first-order valence-electron chi connectivity index (χ1n) is 18.9. The Labute approximate surface area is 331 Å². The number of hydrogen-bond donors (Lipinski definition) is 0. The van der Waals surface area contributed by atoms with Crippen molar-refractivity contribution in [1.29, 1.82) is 0 Å². The second kappa shape index (κ2) is 14.6. The van der Waals surface area contributed by atoms with Crippen LogP contribution in [0.3, 0.4) is 0 Å². The number of anilines is 9. The SMILES string of the molecule is c1ccc(N(c2ccccc2)c2ccc3c(c2)sc2c4ccc(N(c5ccccc5)c5ccccc5)cc4c(N(c4ccccc4)c4ccccc4)cc32)cc1. The fourth-order valence-electron chi connectivity index (χ4n) is 7.85. The van der Waals surface area contributed by atoms with Gasteiger partial charge in [0.25, 0.3) is 0 Å². The van der Waals surface area contributed by atoms with Crippen LogP contribution in [0.1, 0.15) is 0 Å². The van der Waals surface area contributed by atoms with Gasteiger partial charge in [0.15, 0.2) is 0 Å². The Morgan fingerprint density at radius 3 is 1.02 bits per heavy atom. The van der Waals surface area contributed by atoms with E-state index in [0.717, 1.165) is 51.2 Å². The zero-order valence-electron chi connectivity index (χ0n) is 30.6. The van der Waals surface area contributed by atoms with Crippen molar-refractivity contribution >= 4 is 93.5 Å². The summed E-state index contributed by atoms with van der Waals surface area (Å²) in [5.74, 6) is 0. The van der Waals surface area contributed by atoms with Gasteiger partial charge < -0.3 is 14.7 Å². The fraction of sp³-hybridized carbons (Fsp3) is 0. The highest BCUT2D eigenvalue weighted by Crippen LogP contribution is 2.49. The van der Waals surface area contributed by atoms with Gasteiger partial charge in [-0.15, -0.1) is 11.3 Å². The summed E-state index contributed by atoms with van der Waals surface area (Å²) in [4.78, 5) is 7.10. The molecule has 9 aromatic carbocycles. The molecule has 1 heterocycles. The van der Waals surface area contributed by atoms with Gasteiger partial charge in [-0.2, -0.15) is 0 Å². The van der Waals surface area contributed by atoms with E-state index in [1.54, 1.807) is 0 Å². The highest BCUT2D eigenvalue weighted by atomic mass is 32.1. The summed E-state index contributed by atoms with van der Waals surface area (Å²) in [5.41, 5.74) is 10.0. The molecule has 0 saturated carbocycles. The Kier molecular flexibility index (Phi) is 8.71. The van der Waals surface area contributed by atoms with Gasteiger partial charge in [-0.1, -0.05) is 121 Å². The van der Waals surface area contributed by atoms with Crippen LogP contribution in [0, 0.1) is 0 Å². The number of hydrogen-bond acceptors (Lipinski definition) is 4. The van der Waals surface area contributed by atoms with E-state index in [1.807, 2.05) is 11.3 Å². The molecular weight excluding hydrogens is 699 g/mol. The Hall–Kier alpha value is -7.14. The minimum atomic E-state index is 1.10. The second-order valence-electron chi connectivity index (χ2n) is 13.8. The van der Waals surface area contributed by atoms with Crippen molar-refractivity contribution in [3.05, 3.63) is 224 Å². The van der Waals surface area contributed by atoms with Gasteiger partial charge in [0.1, 0.15) is 0 Å². The summed E-state index contributed by atoms with van der Waals surface area (Å²) in [6.45, 7) is 0. The topological polar surface area (TPSA) is 9.72 Å². The molecule has 4 heteroatoms. The summed E-state index contributed by atoms with van der Waals surface area (Å²) >= 11 is 1.87. The Bertz CT molecular complexity index is 2780. The molecule has 56 heavy (non-hydrogen) atoms. The predicted molar refractivity (Wildman–Crippen MR) is 241 cm³/mol. The van der Waals surface area contributed by atoms with E-state index in [4.69, 9.17) is 0 Å². The Morgan fingerprint density at radius 1 is 0.250 bits per heavy atom. The van der Waals surface area contributed by atoms with Gasteiger partial charge in [0.2, 0.25) is 0 Å². The lowest BCUT2D eigenvalue weighted by atomic mass is 10.0. The van der Waals surface area contributed by atoms with Crippen molar-refractivity contribution in [2.45, 2.75) is 0 Å². The molecule has 3 nitrogen and oxygen atoms in total. The first-order valence-corrected chi connectivity index (χ1v) is 19.8. The van der Waals surface area contributed by atoms with Crippen LogP contribution in [0.4, 0.5) is 51.2 Å².